The van der Waals surface area contributed by atoms with Gasteiger partial charge in [0.05, 0.1) is 11.3 Å². The fourth-order valence-electron chi connectivity index (χ4n) is 2.77. The number of amides is 1. The number of carboxylic acids is 1. The highest BCUT2D eigenvalue weighted by atomic mass is 16.4. The predicted octanol–water partition coefficient (Wildman–Crippen LogP) is 3.14. The molecule has 3 aromatic rings. The summed E-state index contributed by atoms with van der Waals surface area (Å²) in [5.41, 5.74) is 2.88. The van der Waals surface area contributed by atoms with Gasteiger partial charge in [-0.15, -0.1) is 0 Å². The van der Waals surface area contributed by atoms with E-state index in [1.165, 1.54) is 11.0 Å². The van der Waals surface area contributed by atoms with E-state index in [2.05, 4.69) is 10.2 Å². The van der Waals surface area contributed by atoms with Crippen LogP contribution in [0.15, 0.2) is 54.7 Å². The van der Waals surface area contributed by atoms with E-state index >= 15 is 0 Å². The first-order valence-electron chi connectivity index (χ1n) is 7.68. The van der Waals surface area contributed by atoms with Crippen LogP contribution >= 0.6 is 0 Å². The molecular formula is C19H17N3O3. The maximum Gasteiger partial charge on any atom is 0.336 e. The van der Waals surface area contributed by atoms with E-state index in [1.54, 1.807) is 62.8 Å². The van der Waals surface area contributed by atoms with Crippen LogP contribution in [0, 0.1) is 0 Å². The van der Waals surface area contributed by atoms with E-state index < -0.39 is 5.97 Å². The number of rotatable bonds is 4. The summed E-state index contributed by atoms with van der Waals surface area (Å²) in [6.07, 6.45) is 1.67. The number of H-pyrrole nitrogens is 1. The minimum Gasteiger partial charge on any atom is -0.478 e. The van der Waals surface area contributed by atoms with Crippen LogP contribution in [0.2, 0.25) is 0 Å². The number of aromatic amines is 1. The Morgan fingerprint density at radius 1 is 0.960 bits per heavy atom. The lowest BCUT2D eigenvalue weighted by Gasteiger charge is -2.17. The molecule has 1 heterocycles. The second kappa shape index (κ2) is 6.60. The number of carbonyl (C=O) groups excluding carboxylic acids is 1. The molecule has 1 amide bonds. The maximum absolute atomic E-state index is 12.6. The van der Waals surface area contributed by atoms with Crippen molar-refractivity contribution in [1.29, 1.82) is 0 Å². The van der Waals surface area contributed by atoms with Crippen molar-refractivity contribution >= 4 is 11.9 Å². The van der Waals surface area contributed by atoms with Crippen molar-refractivity contribution < 1.29 is 14.7 Å². The Morgan fingerprint density at radius 2 is 1.64 bits per heavy atom. The fraction of sp³-hybridized carbons (Fsp3) is 0.105. The SMILES string of the molecule is CN(C)C(=O)c1ccccc1-c1c(C(=O)O)cccc1-c1cc[nH]n1. The molecule has 0 fully saturated rings. The van der Waals surface area contributed by atoms with E-state index in [9.17, 15) is 14.7 Å². The van der Waals surface area contributed by atoms with Gasteiger partial charge in [0.1, 0.15) is 0 Å². The topological polar surface area (TPSA) is 86.3 Å². The largest absolute Gasteiger partial charge is 0.478 e. The van der Waals surface area contributed by atoms with E-state index in [1.807, 2.05) is 0 Å². The van der Waals surface area contributed by atoms with E-state index in [0.717, 1.165) is 0 Å². The Bertz CT molecular complexity index is 931. The standard InChI is InChI=1S/C19H17N3O3/c1-22(2)18(23)13-7-4-3-6-12(13)17-14(16-10-11-20-21-16)8-5-9-15(17)19(24)25/h3-11H,1-2H3,(H,20,21)(H,24,25). The smallest absolute Gasteiger partial charge is 0.336 e. The molecule has 0 unspecified atom stereocenters. The van der Waals surface area contributed by atoms with Crippen molar-refractivity contribution in [3.63, 3.8) is 0 Å². The van der Waals surface area contributed by atoms with Gasteiger partial charge in [-0.05, 0) is 23.8 Å². The van der Waals surface area contributed by atoms with E-state index in [-0.39, 0.29) is 11.5 Å². The summed E-state index contributed by atoms with van der Waals surface area (Å²) in [4.78, 5) is 25.9. The molecule has 0 aliphatic heterocycles. The van der Waals surface area contributed by atoms with Crippen LogP contribution in [0.5, 0.6) is 0 Å². The van der Waals surface area contributed by atoms with Crippen LogP contribution < -0.4 is 0 Å². The average molecular weight is 335 g/mol. The molecule has 0 atom stereocenters. The number of aromatic carboxylic acids is 1. The Labute approximate surface area is 144 Å². The number of hydrogen-bond acceptors (Lipinski definition) is 3. The molecule has 0 saturated heterocycles. The van der Waals surface area contributed by atoms with Crippen LogP contribution in [0.3, 0.4) is 0 Å². The van der Waals surface area contributed by atoms with Gasteiger partial charge in [-0.1, -0.05) is 30.3 Å². The lowest BCUT2D eigenvalue weighted by molar-refractivity contribution is 0.0697. The Balaban J connectivity index is 2.35. The summed E-state index contributed by atoms with van der Waals surface area (Å²) < 4.78 is 0. The number of carbonyl (C=O) groups is 2. The van der Waals surface area contributed by atoms with Crippen LogP contribution in [0.25, 0.3) is 22.4 Å². The van der Waals surface area contributed by atoms with Gasteiger partial charge in [0, 0.05) is 37.0 Å². The van der Waals surface area contributed by atoms with Crippen molar-refractivity contribution in [2.75, 3.05) is 14.1 Å². The minimum atomic E-state index is -1.06. The van der Waals surface area contributed by atoms with Crippen LogP contribution in [0.4, 0.5) is 0 Å². The summed E-state index contributed by atoms with van der Waals surface area (Å²) in [5.74, 6) is -1.25. The van der Waals surface area contributed by atoms with Gasteiger partial charge in [-0.3, -0.25) is 9.89 Å². The third kappa shape index (κ3) is 3.01. The normalized spacial score (nSPS) is 10.5. The molecule has 0 radical (unpaired) electrons. The summed E-state index contributed by atoms with van der Waals surface area (Å²) in [5, 5.41) is 16.6. The van der Waals surface area contributed by atoms with Gasteiger partial charge in [-0.25, -0.2) is 4.79 Å². The molecule has 126 valence electrons. The molecule has 0 saturated carbocycles. The third-order valence-corrected chi connectivity index (χ3v) is 3.90. The van der Waals surface area contributed by atoms with Crippen molar-refractivity contribution in [2.24, 2.45) is 0 Å². The van der Waals surface area contributed by atoms with Crippen LogP contribution in [-0.2, 0) is 0 Å². The second-order valence-electron chi connectivity index (χ2n) is 5.74. The zero-order valence-corrected chi connectivity index (χ0v) is 13.9. The number of hydrogen-bond donors (Lipinski definition) is 2. The number of nitrogens with zero attached hydrogens (tertiary/aromatic N) is 2. The first-order valence-corrected chi connectivity index (χ1v) is 7.68. The molecule has 1 aromatic heterocycles. The molecular weight excluding hydrogens is 318 g/mol. The molecule has 6 heteroatoms. The number of nitrogens with one attached hydrogen (secondary N) is 1. The highest BCUT2D eigenvalue weighted by molar-refractivity contribution is 6.07. The maximum atomic E-state index is 12.6. The summed E-state index contributed by atoms with van der Waals surface area (Å²) >= 11 is 0. The molecule has 0 bridgehead atoms. The van der Waals surface area contributed by atoms with Crippen molar-refractivity contribution in [3.05, 3.63) is 65.9 Å². The number of aromatic nitrogens is 2. The van der Waals surface area contributed by atoms with Gasteiger partial charge in [-0.2, -0.15) is 5.10 Å². The summed E-state index contributed by atoms with van der Waals surface area (Å²) in [7, 11) is 3.33. The van der Waals surface area contributed by atoms with Crippen LogP contribution in [-0.4, -0.2) is 46.2 Å². The Kier molecular flexibility index (Phi) is 4.35. The number of benzene rings is 2. The fourth-order valence-corrected chi connectivity index (χ4v) is 2.77. The first-order chi connectivity index (χ1) is 12.0. The Morgan fingerprint density at radius 3 is 2.28 bits per heavy atom. The molecule has 2 N–H and O–H groups in total. The van der Waals surface area contributed by atoms with Crippen LogP contribution in [0.1, 0.15) is 20.7 Å². The predicted molar refractivity (Wildman–Crippen MR) is 94.4 cm³/mol. The summed E-state index contributed by atoms with van der Waals surface area (Å²) in [6.45, 7) is 0. The lowest BCUT2D eigenvalue weighted by Crippen LogP contribution is -2.22. The average Bonchev–Trinajstić information content (AvgIpc) is 3.14. The van der Waals surface area contributed by atoms with Crippen molar-refractivity contribution in [2.45, 2.75) is 0 Å². The highest BCUT2D eigenvalue weighted by Crippen LogP contribution is 2.36. The number of carboxylic acid groups (broad SMARTS) is 1. The summed E-state index contributed by atoms with van der Waals surface area (Å²) in [6, 6.07) is 13.8. The highest BCUT2D eigenvalue weighted by Gasteiger charge is 2.22. The minimum absolute atomic E-state index is 0.125. The molecule has 6 nitrogen and oxygen atoms in total. The molecule has 0 spiro atoms. The van der Waals surface area contributed by atoms with Gasteiger partial charge in [0.25, 0.3) is 5.91 Å². The van der Waals surface area contributed by atoms with Crippen molar-refractivity contribution in [3.8, 4) is 22.4 Å². The first kappa shape index (κ1) is 16.4. The van der Waals surface area contributed by atoms with Gasteiger partial charge in [0.2, 0.25) is 0 Å². The zero-order chi connectivity index (χ0) is 18.0. The second-order valence-corrected chi connectivity index (χ2v) is 5.74. The molecule has 0 aliphatic rings. The van der Waals surface area contributed by atoms with Crippen molar-refractivity contribution in [1.82, 2.24) is 15.1 Å². The lowest BCUT2D eigenvalue weighted by atomic mass is 9.89. The van der Waals surface area contributed by atoms with Gasteiger partial charge >= 0.3 is 5.97 Å². The van der Waals surface area contributed by atoms with E-state index in [0.29, 0.717) is 27.9 Å². The monoisotopic (exact) mass is 335 g/mol. The third-order valence-electron chi connectivity index (χ3n) is 3.90. The van der Waals surface area contributed by atoms with Gasteiger partial charge < -0.3 is 10.0 Å². The van der Waals surface area contributed by atoms with Gasteiger partial charge in [0.15, 0.2) is 0 Å². The Hall–Kier alpha value is -3.41. The molecule has 3 rings (SSSR count). The quantitative estimate of drug-likeness (QED) is 0.767. The molecule has 0 aliphatic carbocycles. The molecule has 25 heavy (non-hydrogen) atoms. The zero-order valence-electron chi connectivity index (χ0n) is 13.9. The van der Waals surface area contributed by atoms with E-state index in [4.69, 9.17) is 0 Å². The molecule has 2 aromatic carbocycles.